The molecule has 34 heavy (non-hydrogen) atoms. The van der Waals surface area contributed by atoms with E-state index in [9.17, 15) is 14.0 Å². The van der Waals surface area contributed by atoms with Crippen LogP contribution < -0.4 is 24.4 Å². The number of aromatic nitrogens is 1. The van der Waals surface area contributed by atoms with Crippen LogP contribution in [-0.4, -0.2) is 31.4 Å². The molecule has 1 aliphatic rings. The van der Waals surface area contributed by atoms with Crippen LogP contribution in [0.25, 0.3) is 6.08 Å². The zero-order valence-corrected chi connectivity index (χ0v) is 19.9. The molecule has 176 valence electrons. The largest absolute Gasteiger partial charge is 0.497 e. The molecule has 0 saturated heterocycles. The molecule has 0 spiro atoms. The van der Waals surface area contributed by atoms with Gasteiger partial charge in [0.15, 0.2) is 4.80 Å². The number of carbonyl (C=O) groups is 1. The van der Waals surface area contributed by atoms with Gasteiger partial charge in [-0.1, -0.05) is 23.5 Å². The zero-order valence-electron chi connectivity index (χ0n) is 19.1. The number of hydrogen-bond acceptors (Lipinski definition) is 7. The molecule has 2 heterocycles. The van der Waals surface area contributed by atoms with Gasteiger partial charge in [-0.3, -0.25) is 9.36 Å². The Morgan fingerprint density at radius 1 is 1.18 bits per heavy atom. The number of hydrogen-bond donors (Lipinski definition) is 0. The Morgan fingerprint density at radius 3 is 2.56 bits per heavy atom. The second-order valence-electron chi connectivity index (χ2n) is 7.46. The molecule has 0 amide bonds. The average Bonchev–Trinajstić information content (AvgIpc) is 3.13. The maximum atomic E-state index is 13.6. The Kier molecular flexibility index (Phi) is 6.65. The van der Waals surface area contributed by atoms with E-state index in [2.05, 4.69) is 4.99 Å². The molecule has 9 heteroatoms. The van der Waals surface area contributed by atoms with E-state index in [-0.39, 0.29) is 23.6 Å². The van der Waals surface area contributed by atoms with Crippen LogP contribution in [0.4, 0.5) is 4.39 Å². The molecule has 0 fully saturated rings. The van der Waals surface area contributed by atoms with Crippen LogP contribution in [-0.2, 0) is 9.53 Å². The SMILES string of the molecule is CCOC(=O)C1=C(C)N=c2sc(=Cc3ccc(F)cc3)c(=O)n2C1c1cc(OC)ccc1OC. The summed E-state index contributed by atoms with van der Waals surface area (Å²) in [5.74, 6) is 0.0994. The number of methoxy groups -OCH3 is 2. The predicted molar refractivity (Wildman–Crippen MR) is 126 cm³/mol. The van der Waals surface area contributed by atoms with Gasteiger partial charge in [-0.05, 0) is 55.8 Å². The van der Waals surface area contributed by atoms with Crippen molar-refractivity contribution in [3.8, 4) is 11.5 Å². The van der Waals surface area contributed by atoms with Crippen molar-refractivity contribution in [2.24, 2.45) is 4.99 Å². The van der Waals surface area contributed by atoms with Gasteiger partial charge in [-0.15, -0.1) is 0 Å². The maximum Gasteiger partial charge on any atom is 0.338 e. The summed E-state index contributed by atoms with van der Waals surface area (Å²) in [6.07, 6.45) is 1.67. The first-order valence-corrected chi connectivity index (χ1v) is 11.4. The lowest BCUT2D eigenvalue weighted by Crippen LogP contribution is -2.40. The molecular formula is C25H23FN2O5S. The number of halogens is 1. The Balaban J connectivity index is 2.01. The molecule has 7 nitrogen and oxygen atoms in total. The molecule has 3 aromatic rings. The summed E-state index contributed by atoms with van der Waals surface area (Å²) >= 11 is 1.19. The summed E-state index contributed by atoms with van der Waals surface area (Å²) in [6.45, 7) is 3.60. The van der Waals surface area contributed by atoms with Crippen molar-refractivity contribution in [2.45, 2.75) is 19.9 Å². The van der Waals surface area contributed by atoms with Gasteiger partial charge in [0.2, 0.25) is 0 Å². The van der Waals surface area contributed by atoms with Crippen LogP contribution in [0.15, 0.2) is 63.5 Å². The number of ether oxygens (including phenoxy) is 3. The monoisotopic (exact) mass is 482 g/mol. The Bertz CT molecular complexity index is 1450. The number of nitrogens with zero attached hydrogens (tertiary/aromatic N) is 2. The summed E-state index contributed by atoms with van der Waals surface area (Å²) in [7, 11) is 3.05. The fraction of sp³-hybridized carbons (Fsp3) is 0.240. The van der Waals surface area contributed by atoms with Gasteiger partial charge in [0.1, 0.15) is 23.4 Å². The third-order valence-corrected chi connectivity index (χ3v) is 6.40. The van der Waals surface area contributed by atoms with Gasteiger partial charge >= 0.3 is 5.97 Å². The lowest BCUT2D eigenvalue weighted by molar-refractivity contribution is -0.139. The van der Waals surface area contributed by atoms with Crippen LogP contribution in [0, 0.1) is 5.82 Å². The van der Waals surface area contributed by atoms with E-state index in [0.29, 0.717) is 37.7 Å². The standard InChI is InChI=1S/C25H23FN2O5S/c1-5-33-24(30)21-14(2)27-25-28(22(21)18-13-17(31-3)10-11-19(18)32-4)23(29)20(34-25)12-15-6-8-16(26)9-7-15/h6-13,22H,5H2,1-4H3. The number of rotatable bonds is 6. The molecule has 4 rings (SSSR count). The fourth-order valence-electron chi connectivity index (χ4n) is 3.85. The second kappa shape index (κ2) is 9.64. The molecular weight excluding hydrogens is 459 g/mol. The van der Waals surface area contributed by atoms with E-state index in [1.165, 1.54) is 42.3 Å². The predicted octanol–water partition coefficient (Wildman–Crippen LogP) is 2.95. The minimum Gasteiger partial charge on any atom is -0.497 e. The highest BCUT2D eigenvalue weighted by Gasteiger charge is 2.35. The number of benzene rings is 2. The molecule has 0 radical (unpaired) electrons. The average molecular weight is 483 g/mol. The number of allylic oxidation sites excluding steroid dienone is 1. The van der Waals surface area contributed by atoms with Crippen molar-refractivity contribution in [3.05, 3.63) is 90.4 Å². The molecule has 0 aliphatic carbocycles. The Hall–Kier alpha value is -3.72. The molecule has 0 saturated carbocycles. The van der Waals surface area contributed by atoms with E-state index in [1.54, 1.807) is 50.3 Å². The van der Waals surface area contributed by atoms with E-state index in [4.69, 9.17) is 14.2 Å². The Labute approximate surface area is 199 Å². The minimum absolute atomic E-state index is 0.173. The van der Waals surface area contributed by atoms with Crippen LogP contribution in [0.3, 0.4) is 0 Å². The second-order valence-corrected chi connectivity index (χ2v) is 8.47. The van der Waals surface area contributed by atoms with Crippen molar-refractivity contribution in [1.29, 1.82) is 0 Å². The molecule has 0 N–H and O–H groups in total. The maximum absolute atomic E-state index is 13.6. The first kappa shape index (κ1) is 23.4. The van der Waals surface area contributed by atoms with Crippen molar-refractivity contribution < 1.29 is 23.4 Å². The first-order chi connectivity index (χ1) is 16.4. The summed E-state index contributed by atoms with van der Waals surface area (Å²) in [5, 5.41) is 0. The molecule has 1 unspecified atom stereocenters. The highest BCUT2D eigenvalue weighted by molar-refractivity contribution is 7.07. The smallest absolute Gasteiger partial charge is 0.338 e. The number of carbonyl (C=O) groups excluding carboxylic acids is 1. The zero-order chi connectivity index (χ0) is 24.4. The van der Waals surface area contributed by atoms with Crippen molar-refractivity contribution in [3.63, 3.8) is 0 Å². The molecule has 1 atom stereocenters. The van der Waals surface area contributed by atoms with Gasteiger partial charge in [-0.2, -0.15) is 0 Å². The van der Waals surface area contributed by atoms with E-state index in [1.807, 2.05) is 0 Å². The quantitative estimate of drug-likeness (QED) is 0.505. The van der Waals surface area contributed by atoms with Crippen molar-refractivity contribution in [2.75, 3.05) is 20.8 Å². The molecule has 2 aromatic carbocycles. The lowest BCUT2D eigenvalue weighted by atomic mass is 9.94. The number of thiazole rings is 1. The van der Waals surface area contributed by atoms with E-state index < -0.39 is 12.0 Å². The normalized spacial score (nSPS) is 15.6. The number of esters is 1. The summed E-state index contributed by atoms with van der Waals surface area (Å²) in [6, 6.07) is 10.2. The molecule has 1 aromatic heterocycles. The van der Waals surface area contributed by atoms with Gasteiger partial charge in [0.25, 0.3) is 5.56 Å². The summed E-state index contributed by atoms with van der Waals surface area (Å²) in [4.78, 5) is 31.6. The lowest BCUT2D eigenvalue weighted by Gasteiger charge is -2.26. The minimum atomic E-state index is -0.837. The topological polar surface area (TPSA) is 79.1 Å². The highest BCUT2D eigenvalue weighted by Crippen LogP contribution is 2.37. The van der Waals surface area contributed by atoms with Gasteiger partial charge in [0.05, 0.1) is 36.6 Å². The third-order valence-electron chi connectivity index (χ3n) is 5.42. The van der Waals surface area contributed by atoms with Gasteiger partial charge in [0, 0.05) is 5.56 Å². The molecule has 1 aliphatic heterocycles. The molecule has 0 bridgehead atoms. The first-order valence-electron chi connectivity index (χ1n) is 10.5. The third kappa shape index (κ3) is 4.26. The highest BCUT2D eigenvalue weighted by atomic mass is 32.1. The number of fused-ring (bicyclic) bond motifs is 1. The van der Waals surface area contributed by atoms with E-state index >= 15 is 0 Å². The Morgan fingerprint density at radius 2 is 1.91 bits per heavy atom. The summed E-state index contributed by atoms with van der Waals surface area (Å²) < 4.78 is 31.5. The van der Waals surface area contributed by atoms with E-state index in [0.717, 1.165) is 0 Å². The van der Waals surface area contributed by atoms with Crippen LogP contribution in [0.1, 0.15) is 31.0 Å². The van der Waals surface area contributed by atoms with Gasteiger partial charge in [-0.25, -0.2) is 14.2 Å². The summed E-state index contributed by atoms with van der Waals surface area (Å²) in [5.41, 5.74) is 1.59. The van der Waals surface area contributed by atoms with Crippen LogP contribution >= 0.6 is 11.3 Å². The van der Waals surface area contributed by atoms with Crippen LogP contribution in [0.5, 0.6) is 11.5 Å². The fourth-order valence-corrected chi connectivity index (χ4v) is 4.90. The van der Waals surface area contributed by atoms with Gasteiger partial charge < -0.3 is 14.2 Å². The van der Waals surface area contributed by atoms with Crippen molar-refractivity contribution in [1.82, 2.24) is 4.57 Å². The van der Waals surface area contributed by atoms with Crippen molar-refractivity contribution >= 4 is 23.4 Å². The van der Waals surface area contributed by atoms with Crippen LogP contribution in [0.2, 0.25) is 0 Å².